The van der Waals surface area contributed by atoms with Crippen LogP contribution in [0.2, 0.25) is 0 Å². The third-order valence-electron chi connectivity index (χ3n) is 4.46. The summed E-state index contributed by atoms with van der Waals surface area (Å²) in [6, 6.07) is 21.1. The second kappa shape index (κ2) is 4.25. The van der Waals surface area contributed by atoms with Gasteiger partial charge in [0.2, 0.25) is 0 Å². The fourth-order valence-electron chi connectivity index (χ4n) is 3.33. The minimum Gasteiger partial charge on any atom is -0.396 e. The van der Waals surface area contributed by atoms with E-state index in [2.05, 4.69) is 55.5 Å². The quantitative estimate of drug-likeness (QED) is 0.869. The van der Waals surface area contributed by atoms with Crippen molar-refractivity contribution in [3.05, 3.63) is 71.8 Å². The minimum absolute atomic E-state index is 0.0807. The Morgan fingerprint density at radius 3 is 2.06 bits per heavy atom. The van der Waals surface area contributed by atoms with Gasteiger partial charge < -0.3 is 5.11 Å². The van der Waals surface area contributed by atoms with Gasteiger partial charge in [-0.05, 0) is 23.0 Å². The van der Waals surface area contributed by atoms with E-state index in [1.54, 1.807) is 0 Å². The maximum atomic E-state index is 9.63. The summed E-state index contributed by atoms with van der Waals surface area (Å²) in [6.45, 7) is 2.52. The molecule has 92 valence electrons. The normalized spacial score (nSPS) is 30.1. The molecule has 0 aliphatic heterocycles. The van der Waals surface area contributed by atoms with Crippen molar-refractivity contribution < 1.29 is 5.11 Å². The van der Waals surface area contributed by atoms with E-state index in [4.69, 9.17) is 0 Å². The topological polar surface area (TPSA) is 20.2 Å². The van der Waals surface area contributed by atoms with Crippen molar-refractivity contribution in [2.24, 2.45) is 5.92 Å². The number of hydrogen-bond donors (Lipinski definition) is 1. The van der Waals surface area contributed by atoms with E-state index in [-0.39, 0.29) is 12.0 Å². The first-order valence-electron chi connectivity index (χ1n) is 6.50. The van der Waals surface area contributed by atoms with Gasteiger partial charge in [-0.25, -0.2) is 0 Å². The Labute approximate surface area is 108 Å². The minimum atomic E-state index is 0.0807. The summed E-state index contributed by atoms with van der Waals surface area (Å²) in [6.07, 6.45) is 0. The standard InChI is InChI=1S/C17H18O/c1-17(14-10-6-3-7-11-14)15(12-18)16(17)13-8-4-2-5-9-13/h2-11,15-16,18H,12H2,1H3/t15-,16-,17-/m0/s1. The predicted octanol–water partition coefficient (Wildman–Crippen LogP) is 3.35. The first-order valence-corrected chi connectivity index (χ1v) is 6.50. The van der Waals surface area contributed by atoms with Gasteiger partial charge in [0.05, 0.1) is 0 Å². The lowest BCUT2D eigenvalue weighted by Gasteiger charge is -2.12. The molecule has 1 aliphatic rings. The molecule has 0 aromatic heterocycles. The Bertz CT molecular complexity index is 520. The van der Waals surface area contributed by atoms with Crippen molar-refractivity contribution in [2.45, 2.75) is 18.3 Å². The number of aliphatic hydroxyl groups is 1. The number of benzene rings is 2. The fraction of sp³-hybridized carbons (Fsp3) is 0.294. The van der Waals surface area contributed by atoms with Crippen LogP contribution in [0.4, 0.5) is 0 Å². The summed E-state index contributed by atoms with van der Waals surface area (Å²) in [5.74, 6) is 0.772. The smallest absolute Gasteiger partial charge is 0.0474 e. The van der Waals surface area contributed by atoms with Crippen molar-refractivity contribution >= 4 is 0 Å². The van der Waals surface area contributed by atoms with Gasteiger partial charge in [0, 0.05) is 12.0 Å². The van der Waals surface area contributed by atoms with Crippen LogP contribution >= 0.6 is 0 Å². The van der Waals surface area contributed by atoms with E-state index in [1.807, 2.05) is 12.1 Å². The number of hydrogen-bond acceptors (Lipinski definition) is 1. The summed E-state index contributed by atoms with van der Waals surface area (Å²) in [5.41, 5.74) is 2.75. The molecule has 0 amide bonds. The molecule has 3 rings (SSSR count). The molecular weight excluding hydrogens is 220 g/mol. The Morgan fingerprint density at radius 1 is 0.944 bits per heavy atom. The van der Waals surface area contributed by atoms with Crippen LogP contribution in [0.25, 0.3) is 0 Å². The lowest BCUT2D eigenvalue weighted by molar-refractivity contribution is 0.264. The maximum absolute atomic E-state index is 9.63. The average Bonchev–Trinajstić information content (AvgIpc) is 3.07. The highest BCUT2D eigenvalue weighted by atomic mass is 16.3. The zero-order valence-electron chi connectivity index (χ0n) is 10.6. The van der Waals surface area contributed by atoms with E-state index in [0.717, 1.165) is 0 Å². The number of aliphatic hydroxyl groups excluding tert-OH is 1. The molecule has 1 heteroatoms. The third-order valence-corrected chi connectivity index (χ3v) is 4.46. The number of rotatable bonds is 3. The van der Waals surface area contributed by atoms with Gasteiger partial charge in [-0.15, -0.1) is 0 Å². The maximum Gasteiger partial charge on any atom is 0.0474 e. The molecule has 0 heterocycles. The van der Waals surface area contributed by atoms with Gasteiger partial charge in [0.15, 0.2) is 0 Å². The molecule has 0 spiro atoms. The molecule has 2 aromatic carbocycles. The predicted molar refractivity (Wildman–Crippen MR) is 73.6 cm³/mol. The molecule has 18 heavy (non-hydrogen) atoms. The first-order chi connectivity index (χ1) is 8.78. The molecule has 1 N–H and O–H groups in total. The molecular formula is C17H18O. The second-order valence-electron chi connectivity index (χ2n) is 5.33. The summed E-state index contributed by atoms with van der Waals surface area (Å²) in [5, 5.41) is 9.63. The molecule has 0 bridgehead atoms. The Kier molecular flexibility index (Phi) is 2.71. The molecule has 3 atom stereocenters. The van der Waals surface area contributed by atoms with Gasteiger partial charge in [-0.1, -0.05) is 67.6 Å². The van der Waals surface area contributed by atoms with E-state index < -0.39 is 0 Å². The SMILES string of the molecule is C[C@]1(c2ccccc2)[C@@H](CO)[C@@H]1c1ccccc1. The molecule has 0 radical (unpaired) electrons. The van der Waals surface area contributed by atoms with Gasteiger partial charge in [0.1, 0.15) is 0 Å². The molecule has 1 saturated carbocycles. The second-order valence-corrected chi connectivity index (χ2v) is 5.33. The highest BCUT2D eigenvalue weighted by Gasteiger charge is 2.61. The molecule has 1 fully saturated rings. The summed E-state index contributed by atoms with van der Waals surface area (Å²) in [7, 11) is 0. The van der Waals surface area contributed by atoms with Crippen LogP contribution in [-0.2, 0) is 5.41 Å². The molecule has 0 saturated heterocycles. The summed E-state index contributed by atoms with van der Waals surface area (Å²) >= 11 is 0. The highest BCUT2D eigenvalue weighted by Crippen LogP contribution is 2.65. The van der Waals surface area contributed by atoms with Crippen LogP contribution < -0.4 is 0 Å². The van der Waals surface area contributed by atoms with Crippen LogP contribution in [0.3, 0.4) is 0 Å². The summed E-state index contributed by atoms with van der Waals surface area (Å²) < 4.78 is 0. The molecule has 1 nitrogen and oxygen atoms in total. The fourth-order valence-corrected chi connectivity index (χ4v) is 3.33. The van der Waals surface area contributed by atoms with Crippen molar-refractivity contribution in [3.63, 3.8) is 0 Å². The van der Waals surface area contributed by atoms with Gasteiger partial charge in [-0.2, -0.15) is 0 Å². The van der Waals surface area contributed by atoms with E-state index >= 15 is 0 Å². The zero-order chi connectivity index (χ0) is 12.6. The van der Waals surface area contributed by atoms with Crippen LogP contribution in [-0.4, -0.2) is 11.7 Å². The van der Waals surface area contributed by atoms with Crippen LogP contribution in [0.15, 0.2) is 60.7 Å². The van der Waals surface area contributed by atoms with Crippen molar-refractivity contribution in [3.8, 4) is 0 Å². The zero-order valence-corrected chi connectivity index (χ0v) is 10.6. The largest absolute Gasteiger partial charge is 0.396 e. The Morgan fingerprint density at radius 2 is 1.50 bits per heavy atom. The lowest BCUT2D eigenvalue weighted by atomic mass is 9.92. The lowest BCUT2D eigenvalue weighted by Crippen LogP contribution is -2.07. The monoisotopic (exact) mass is 238 g/mol. The van der Waals surface area contributed by atoms with Crippen LogP contribution in [0, 0.1) is 5.92 Å². The Hall–Kier alpha value is -1.60. The van der Waals surface area contributed by atoms with Crippen LogP contribution in [0.1, 0.15) is 24.0 Å². The first kappa shape index (κ1) is 11.5. The van der Waals surface area contributed by atoms with Crippen LogP contribution in [0.5, 0.6) is 0 Å². The van der Waals surface area contributed by atoms with Gasteiger partial charge >= 0.3 is 0 Å². The highest BCUT2D eigenvalue weighted by molar-refractivity contribution is 5.44. The Balaban J connectivity index is 1.99. The van der Waals surface area contributed by atoms with E-state index in [1.165, 1.54) is 11.1 Å². The molecule has 2 aromatic rings. The van der Waals surface area contributed by atoms with Crippen molar-refractivity contribution in [1.82, 2.24) is 0 Å². The van der Waals surface area contributed by atoms with E-state index in [9.17, 15) is 5.11 Å². The van der Waals surface area contributed by atoms with Gasteiger partial charge in [0.25, 0.3) is 0 Å². The van der Waals surface area contributed by atoms with E-state index in [0.29, 0.717) is 11.8 Å². The third kappa shape index (κ3) is 1.58. The van der Waals surface area contributed by atoms with Crippen molar-refractivity contribution in [1.29, 1.82) is 0 Å². The molecule has 1 aliphatic carbocycles. The average molecular weight is 238 g/mol. The molecule has 0 unspecified atom stereocenters. The summed E-state index contributed by atoms with van der Waals surface area (Å²) in [4.78, 5) is 0. The van der Waals surface area contributed by atoms with Crippen molar-refractivity contribution in [2.75, 3.05) is 6.61 Å². The van der Waals surface area contributed by atoms with Gasteiger partial charge in [-0.3, -0.25) is 0 Å².